The SMILES string of the molecule is CCCCCCCCCCCCCCCCC(CC1(C)COC2(CC(C)N(OC(C)=O)C(C)C2)OC1)C(=O)O. The summed E-state index contributed by atoms with van der Waals surface area (Å²) < 4.78 is 12.7. The lowest BCUT2D eigenvalue weighted by Gasteiger charge is -2.52. The molecule has 7 nitrogen and oxygen atoms in total. The van der Waals surface area contributed by atoms with Crippen LogP contribution in [-0.2, 0) is 23.9 Å². The number of ether oxygens (including phenoxy) is 2. The summed E-state index contributed by atoms with van der Waals surface area (Å²) in [6, 6.07) is -0.0387. The highest BCUT2D eigenvalue weighted by Gasteiger charge is 2.50. The Balaban J connectivity index is 1.61. The quantitative estimate of drug-likeness (QED) is 0.162. The Morgan fingerprint density at radius 3 is 1.69 bits per heavy atom. The van der Waals surface area contributed by atoms with Crippen molar-refractivity contribution in [3.63, 3.8) is 0 Å². The fourth-order valence-electron chi connectivity index (χ4n) is 6.47. The monoisotopic (exact) mass is 553 g/mol. The number of aliphatic carboxylic acids is 1. The molecule has 0 aromatic rings. The second kappa shape index (κ2) is 17.6. The van der Waals surface area contributed by atoms with E-state index in [9.17, 15) is 14.7 Å². The third kappa shape index (κ3) is 12.5. The van der Waals surface area contributed by atoms with Gasteiger partial charge >= 0.3 is 11.9 Å². The summed E-state index contributed by atoms with van der Waals surface area (Å²) in [7, 11) is 0. The van der Waals surface area contributed by atoms with E-state index in [4.69, 9.17) is 14.3 Å². The van der Waals surface area contributed by atoms with Crippen LogP contribution in [0, 0.1) is 11.3 Å². The third-order valence-electron chi connectivity index (χ3n) is 8.68. The first kappa shape index (κ1) is 34.0. The van der Waals surface area contributed by atoms with Crippen LogP contribution < -0.4 is 0 Å². The molecule has 0 bridgehead atoms. The highest BCUT2D eigenvalue weighted by molar-refractivity contribution is 5.70. The molecule has 0 aromatic heterocycles. The molecule has 0 amide bonds. The summed E-state index contributed by atoms with van der Waals surface area (Å²) in [4.78, 5) is 28.9. The highest BCUT2D eigenvalue weighted by Crippen LogP contribution is 2.43. The molecule has 2 heterocycles. The van der Waals surface area contributed by atoms with E-state index in [2.05, 4.69) is 13.8 Å². The van der Waals surface area contributed by atoms with Crippen LogP contribution in [0.5, 0.6) is 0 Å². The predicted molar refractivity (Wildman–Crippen MR) is 155 cm³/mol. The lowest BCUT2D eigenvalue weighted by molar-refractivity contribution is -0.346. The molecule has 1 N–H and O–H groups in total. The van der Waals surface area contributed by atoms with Crippen molar-refractivity contribution in [2.75, 3.05) is 13.2 Å². The molecule has 0 aliphatic carbocycles. The van der Waals surface area contributed by atoms with Gasteiger partial charge in [0.1, 0.15) is 0 Å². The Hall–Kier alpha value is -1.18. The fraction of sp³-hybridized carbons (Fsp3) is 0.938. The van der Waals surface area contributed by atoms with Crippen molar-refractivity contribution in [3.05, 3.63) is 0 Å². The van der Waals surface area contributed by atoms with Gasteiger partial charge in [-0.15, -0.1) is 5.06 Å². The summed E-state index contributed by atoms with van der Waals surface area (Å²) in [6.45, 7) is 10.8. The molecule has 2 fully saturated rings. The topological polar surface area (TPSA) is 85.3 Å². The number of unbranched alkanes of at least 4 members (excludes halogenated alkanes) is 13. The Labute approximate surface area is 238 Å². The van der Waals surface area contributed by atoms with E-state index in [0.29, 0.717) is 32.5 Å². The van der Waals surface area contributed by atoms with E-state index in [0.717, 1.165) is 19.3 Å². The smallest absolute Gasteiger partial charge is 0.322 e. The van der Waals surface area contributed by atoms with Crippen LogP contribution in [-0.4, -0.2) is 53.2 Å². The zero-order valence-corrected chi connectivity index (χ0v) is 25.8. The molecule has 2 aliphatic heterocycles. The largest absolute Gasteiger partial charge is 0.481 e. The number of hydroxylamine groups is 2. The molecule has 0 radical (unpaired) electrons. The van der Waals surface area contributed by atoms with Gasteiger partial charge in [0, 0.05) is 37.3 Å². The zero-order chi connectivity index (χ0) is 28.7. The Bertz CT molecular complexity index is 691. The number of rotatable bonds is 19. The predicted octanol–water partition coefficient (Wildman–Crippen LogP) is 8.05. The van der Waals surface area contributed by atoms with Crippen molar-refractivity contribution >= 4 is 11.9 Å². The first-order valence-corrected chi connectivity index (χ1v) is 16.1. The summed E-state index contributed by atoms with van der Waals surface area (Å²) in [5.41, 5.74) is -0.316. The van der Waals surface area contributed by atoms with Crippen LogP contribution in [0.1, 0.15) is 150 Å². The first-order chi connectivity index (χ1) is 18.6. The minimum atomic E-state index is -0.705. The summed E-state index contributed by atoms with van der Waals surface area (Å²) in [5, 5.41) is 11.6. The van der Waals surface area contributed by atoms with Gasteiger partial charge in [0.05, 0.1) is 19.1 Å². The maximum atomic E-state index is 12.1. The zero-order valence-electron chi connectivity index (χ0n) is 25.8. The molecule has 3 unspecified atom stereocenters. The van der Waals surface area contributed by atoms with Crippen molar-refractivity contribution in [1.82, 2.24) is 5.06 Å². The molecule has 0 saturated carbocycles. The van der Waals surface area contributed by atoms with Gasteiger partial charge in [0.2, 0.25) is 0 Å². The van der Waals surface area contributed by atoms with Crippen LogP contribution in [0.15, 0.2) is 0 Å². The first-order valence-electron chi connectivity index (χ1n) is 16.1. The number of hydrogen-bond donors (Lipinski definition) is 1. The van der Waals surface area contributed by atoms with Gasteiger partial charge in [-0.25, -0.2) is 0 Å². The lowest BCUT2D eigenvalue weighted by atomic mass is 9.79. The minimum absolute atomic E-state index is 0.0194. The van der Waals surface area contributed by atoms with Gasteiger partial charge in [0.15, 0.2) is 5.79 Å². The van der Waals surface area contributed by atoms with Gasteiger partial charge in [-0.3, -0.25) is 9.59 Å². The standard InChI is InChI=1S/C32H59NO6/c1-6-7-8-9-10-11-12-13-14-15-16-17-18-19-20-29(30(35)36)23-31(5)24-37-32(38-25-31)21-26(2)33(27(3)22-32)39-28(4)34/h26-27,29H,6-25H2,1-5H3,(H,35,36). The average Bonchev–Trinajstić information content (AvgIpc) is 2.88. The van der Waals surface area contributed by atoms with E-state index >= 15 is 0 Å². The van der Waals surface area contributed by atoms with E-state index in [-0.39, 0.29) is 29.4 Å². The number of nitrogens with zero attached hydrogens (tertiary/aromatic N) is 1. The maximum absolute atomic E-state index is 12.1. The van der Waals surface area contributed by atoms with Crippen LogP contribution in [0.4, 0.5) is 0 Å². The van der Waals surface area contributed by atoms with Crippen LogP contribution in [0.2, 0.25) is 0 Å². The fourth-order valence-corrected chi connectivity index (χ4v) is 6.47. The summed E-state index contributed by atoms with van der Waals surface area (Å²) in [6.07, 6.45) is 20.8. The van der Waals surface area contributed by atoms with Crippen molar-refractivity contribution in [2.24, 2.45) is 11.3 Å². The van der Waals surface area contributed by atoms with E-state index < -0.39 is 11.8 Å². The molecule has 7 heteroatoms. The average molecular weight is 554 g/mol. The molecule has 3 atom stereocenters. The summed E-state index contributed by atoms with van der Waals surface area (Å²) in [5.74, 6) is -2.08. The van der Waals surface area contributed by atoms with Crippen molar-refractivity contribution in [1.29, 1.82) is 0 Å². The normalized spacial score (nSPS) is 28.4. The second-order valence-electron chi connectivity index (χ2n) is 13.0. The van der Waals surface area contributed by atoms with Crippen LogP contribution in [0.3, 0.4) is 0 Å². The lowest BCUT2D eigenvalue weighted by Crippen LogP contribution is -2.59. The maximum Gasteiger partial charge on any atom is 0.322 e. The van der Waals surface area contributed by atoms with Crippen molar-refractivity contribution in [3.8, 4) is 0 Å². The molecule has 1 spiro atoms. The number of piperidine rings is 1. The van der Waals surface area contributed by atoms with Gasteiger partial charge in [0.25, 0.3) is 0 Å². The van der Waals surface area contributed by atoms with E-state index in [1.165, 1.54) is 84.0 Å². The van der Waals surface area contributed by atoms with Gasteiger partial charge in [-0.1, -0.05) is 104 Å². The number of carbonyl (C=O) groups is 2. The molecular weight excluding hydrogens is 494 g/mol. The number of carboxylic acid groups (broad SMARTS) is 1. The molecule has 2 rings (SSSR count). The Morgan fingerprint density at radius 1 is 0.846 bits per heavy atom. The van der Waals surface area contributed by atoms with E-state index in [1.807, 2.05) is 13.8 Å². The van der Waals surface area contributed by atoms with E-state index in [1.54, 1.807) is 5.06 Å². The van der Waals surface area contributed by atoms with Crippen molar-refractivity contribution < 1.29 is 29.0 Å². The van der Waals surface area contributed by atoms with Gasteiger partial charge in [-0.2, -0.15) is 0 Å². The summed E-state index contributed by atoms with van der Waals surface area (Å²) >= 11 is 0. The number of carboxylic acids is 1. The Morgan fingerprint density at radius 2 is 1.28 bits per heavy atom. The molecule has 228 valence electrons. The molecule has 2 aliphatic rings. The highest BCUT2D eigenvalue weighted by atomic mass is 16.7. The molecule has 39 heavy (non-hydrogen) atoms. The third-order valence-corrected chi connectivity index (χ3v) is 8.68. The molecule has 0 aromatic carbocycles. The van der Waals surface area contributed by atoms with Crippen molar-refractivity contribution in [2.45, 2.75) is 168 Å². The van der Waals surface area contributed by atoms with Gasteiger partial charge in [-0.05, 0) is 26.7 Å². The molecule has 2 saturated heterocycles. The minimum Gasteiger partial charge on any atom is -0.481 e. The van der Waals surface area contributed by atoms with Crippen LogP contribution in [0.25, 0.3) is 0 Å². The number of carbonyl (C=O) groups excluding carboxylic acids is 1. The Kier molecular flexibility index (Phi) is 15.3. The van der Waals surface area contributed by atoms with Crippen LogP contribution >= 0.6 is 0 Å². The van der Waals surface area contributed by atoms with Gasteiger partial charge < -0.3 is 19.4 Å². The molecular formula is C32H59NO6. The number of hydrogen-bond acceptors (Lipinski definition) is 6. The second-order valence-corrected chi connectivity index (χ2v) is 13.0.